The smallest absolute Gasteiger partial charge is 0.182 e. The number of nitrogens with one attached hydrogen (secondary N) is 2. The van der Waals surface area contributed by atoms with Crippen molar-refractivity contribution in [3.8, 4) is 0 Å². The number of H-pyrrole nitrogens is 2. The Morgan fingerprint density at radius 3 is 2.93 bits per heavy atom. The molecule has 0 aliphatic rings. The zero-order valence-corrected chi connectivity index (χ0v) is 7.81. The predicted octanol–water partition coefficient (Wildman–Crippen LogP) is 0.667. The Morgan fingerprint density at radius 1 is 1.20 bits per heavy atom. The second-order valence-corrected chi connectivity index (χ2v) is 3.21. The first-order valence-electron chi connectivity index (χ1n) is 4.58. The van der Waals surface area contributed by atoms with Crippen molar-refractivity contribution < 1.29 is 0 Å². The minimum atomic E-state index is 0.561. The summed E-state index contributed by atoms with van der Waals surface area (Å²) in [6, 6.07) is 7.88. The molecule has 3 aromatic rings. The average molecular weight is 200 g/mol. The second kappa shape index (κ2) is 3.16. The van der Waals surface area contributed by atoms with Gasteiger partial charge in [0.1, 0.15) is 5.82 Å². The van der Waals surface area contributed by atoms with Crippen LogP contribution in [0.3, 0.4) is 0 Å². The molecule has 2 aromatic heterocycles. The molecule has 6 heteroatoms. The van der Waals surface area contributed by atoms with Gasteiger partial charge < -0.3 is 4.98 Å². The number of para-hydroxylation sites is 2. The standard InChI is InChI=1S/C9H8N6/c1-2-4-7-6(3-1)10-8(11-7)5-9-12-14-15-13-9/h1-4H,5H2,(H,10,11)(H,12,13,14,15). The number of imidazole rings is 1. The maximum atomic E-state index is 4.41. The molecule has 0 saturated heterocycles. The van der Waals surface area contributed by atoms with Crippen LogP contribution < -0.4 is 0 Å². The van der Waals surface area contributed by atoms with Crippen LogP contribution in [0, 0.1) is 0 Å². The molecule has 0 fully saturated rings. The normalized spacial score (nSPS) is 10.9. The lowest BCUT2D eigenvalue weighted by atomic mass is 10.3. The summed E-state index contributed by atoms with van der Waals surface area (Å²) in [5, 5.41) is 13.7. The summed E-state index contributed by atoms with van der Waals surface area (Å²) >= 11 is 0. The molecule has 0 atom stereocenters. The Bertz CT molecular complexity index is 534. The van der Waals surface area contributed by atoms with E-state index < -0.39 is 0 Å². The number of hydrogen-bond donors (Lipinski definition) is 2. The quantitative estimate of drug-likeness (QED) is 0.636. The number of benzene rings is 1. The van der Waals surface area contributed by atoms with Crippen molar-refractivity contribution in [2.24, 2.45) is 0 Å². The van der Waals surface area contributed by atoms with Gasteiger partial charge in [0.15, 0.2) is 5.82 Å². The van der Waals surface area contributed by atoms with E-state index in [4.69, 9.17) is 0 Å². The Hall–Kier alpha value is -2.24. The van der Waals surface area contributed by atoms with E-state index in [9.17, 15) is 0 Å². The van der Waals surface area contributed by atoms with Crippen LogP contribution >= 0.6 is 0 Å². The Balaban J connectivity index is 1.98. The number of nitrogens with zero attached hydrogens (tertiary/aromatic N) is 4. The maximum absolute atomic E-state index is 4.41. The fraction of sp³-hybridized carbons (Fsp3) is 0.111. The lowest BCUT2D eigenvalue weighted by Gasteiger charge is -1.86. The van der Waals surface area contributed by atoms with Crippen molar-refractivity contribution in [2.45, 2.75) is 6.42 Å². The van der Waals surface area contributed by atoms with Gasteiger partial charge in [-0.1, -0.05) is 17.3 Å². The minimum Gasteiger partial charge on any atom is -0.342 e. The number of aromatic nitrogens is 6. The van der Waals surface area contributed by atoms with Crippen molar-refractivity contribution in [1.82, 2.24) is 30.6 Å². The number of tetrazole rings is 1. The summed E-state index contributed by atoms with van der Waals surface area (Å²) in [5.74, 6) is 1.48. The summed E-state index contributed by atoms with van der Waals surface area (Å²) in [6.45, 7) is 0. The highest BCUT2D eigenvalue weighted by molar-refractivity contribution is 5.74. The van der Waals surface area contributed by atoms with Gasteiger partial charge in [-0.3, -0.25) is 0 Å². The number of fused-ring (bicyclic) bond motifs is 1. The van der Waals surface area contributed by atoms with Crippen LogP contribution in [0.1, 0.15) is 11.6 Å². The summed E-state index contributed by atoms with van der Waals surface area (Å²) < 4.78 is 0. The molecule has 74 valence electrons. The highest BCUT2D eigenvalue weighted by Crippen LogP contribution is 2.11. The second-order valence-electron chi connectivity index (χ2n) is 3.21. The van der Waals surface area contributed by atoms with Gasteiger partial charge in [0, 0.05) is 0 Å². The number of rotatable bonds is 2. The van der Waals surface area contributed by atoms with E-state index in [1.165, 1.54) is 0 Å². The van der Waals surface area contributed by atoms with E-state index >= 15 is 0 Å². The molecular formula is C9H8N6. The van der Waals surface area contributed by atoms with Gasteiger partial charge in [-0.2, -0.15) is 5.21 Å². The van der Waals surface area contributed by atoms with Gasteiger partial charge in [-0.15, -0.1) is 10.2 Å². The van der Waals surface area contributed by atoms with Crippen molar-refractivity contribution in [3.63, 3.8) is 0 Å². The predicted molar refractivity (Wildman–Crippen MR) is 53.1 cm³/mol. The number of aromatic amines is 2. The Labute approximate surface area is 84.7 Å². The molecule has 2 heterocycles. The van der Waals surface area contributed by atoms with Crippen molar-refractivity contribution in [2.75, 3.05) is 0 Å². The van der Waals surface area contributed by atoms with Crippen molar-refractivity contribution in [1.29, 1.82) is 0 Å². The van der Waals surface area contributed by atoms with Crippen LogP contribution in [-0.4, -0.2) is 30.6 Å². The molecule has 15 heavy (non-hydrogen) atoms. The molecule has 0 spiro atoms. The van der Waals surface area contributed by atoms with E-state index in [-0.39, 0.29) is 0 Å². The lowest BCUT2D eigenvalue weighted by Crippen LogP contribution is -1.92. The zero-order valence-electron chi connectivity index (χ0n) is 7.81. The molecule has 0 aliphatic carbocycles. The van der Waals surface area contributed by atoms with Gasteiger partial charge in [0.05, 0.1) is 17.5 Å². The average Bonchev–Trinajstić information content (AvgIpc) is 2.86. The van der Waals surface area contributed by atoms with Gasteiger partial charge in [-0.25, -0.2) is 4.98 Å². The van der Waals surface area contributed by atoms with E-state index in [1.54, 1.807) is 0 Å². The summed E-state index contributed by atoms with van der Waals surface area (Å²) in [6.07, 6.45) is 0.561. The summed E-state index contributed by atoms with van der Waals surface area (Å²) in [7, 11) is 0. The molecule has 0 amide bonds. The van der Waals surface area contributed by atoms with Crippen LogP contribution in [-0.2, 0) is 6.42 Å². The highest BCUT2D eigenvalue weighted by Gasteiger charge is 2.05. The van der Waals surface area contributed by atoms with Crippen LogP contribution in [0.15, 0.2) is 24.3 Å². The monoisotopic (exact) mass is 200 g/mol. The molecule has 3 rings (SSSR count). The Kier molecular flexibility index (Phi) is 1.71. The fourth-order valence-electron chi connectivity index (χ4n) is 1.50. The molecule has 6 nitrogen and oxygen atoms in total. The third-order valence-electron chi connectivity index (χ3n) is 2.15. The Morgan fingerprint density at radius 2 is 2.13 bits per heavy atom. The lowest BCUT2D eigenvalue weighted by molar-refractivity contribution is 0.881. The first-order valence-corrected chi connectivity index (χ1v) is 4.58. The van der Waals surface area contributed by atoms with Crippen LogP contribution in [0.2, 0.25) is 0 Å². The van der Waals surface area contributed by atoms with Crippen molar-refractivity contribution in [3.05, 3.63) is 35.9 Å². The van der Waals surface area contributed by atoms with Gasteiger partial charge in [0.2, 0.25) is 0 Å². The topological polar surface area (TPSA) is 83.1 Å². The first kappa shape index (κ1) is 8.10. The van der Waals surface area contributed by atoms with Gasteiger partial charge in [-0.05, 0) is 12.1 Å². The SMILES string of the molecule is c1ccc2[nH]c(Cc3nn[nH]n3)nc2c1. The van der Waals surface area contributed by atoms with Gasteiger partial charge in [0.25, 0.3) is 0 Å². The van der Waals surface area contributed by atoms with E-state index in [1.807, 2.05) is 24.3 Å². The molecule has 2 N–H and O–H groups in total. The van der Waals surface area contributed by atoms with Crippen LogP contribution in [0.25, 0.3) is 11.0 Å². The molecule has 0 bridgehead atoms. The maximum Gasteiger partial charge on any atom is 0.182 e. The molecule has 0 unspecified atom stereocenters. The van der Waals surface area contributed by atoms with E-state index in [2.05, 4.69) is 30.6 Å². The molecule has 0 aliphatic heterocycles. The largest absolute Gasteiger partial charge is 0.342 e. The molecule has 1 aromatic carbocycles. The van der Waals surface area contributed by atoms with Crippen LogP contribution in [0.4, 0.5) is 0 Å². The molecular weight excluding hydrogens is 192 g/mol. The van der Waals surface area contributed by atoms with Crippen LogP contribution in [0.5, 0.6) is 0 Å². The zero-order chi connectivity index (χ0) is 10.1. The molecule has 0 saturated carbocycles. The third kappa shape index (κ3) is 1.45. The summed E-state index contributed by atoms with van der Waals surface area (Å²) in [4.78, 5) is 7.61. The summed E-state index contributed by atoms with van der Waals surface area (Å²) in [5.41, 5.74) is 1.98. The third-order valence-corrected chi connectivity index (χ3v) is 2.15. The van der Waals surface area contributed by atoms with E-state index in [0.717, 1.165) is 16.9 Å². The van der Waals surface area contributed by atoms with Crippen molar-refractivity contribution >= 4 is 11.0 Å². The first-order chi connectivity index (χ1) is 7.42. The molecule has 0 radical (unpaired) electrons. The van der Waals surface area contributed by atoms with Gasteiger partial charge >= 0.3 is 0 Å². The number of hydrogen-bond acceptors (Lipinski definition) is 4. The highest BCUT2D eigenvalue weighted by atomic mass is 15.5. The minimum absolute atomic E-state index is 0.561. The fourth-order valence-corrected chi connectivity index (χ4v) is 1.50. The van der Waals surface area contributed by atoms with E-state index in [0.29, 0.717) is 12.2 Å².